The lowest BCUT2D eigenvalue weighted by Gasteiger charge is -2.30. The molecular weight excluding hydrogens is 246 g/mol. The van der Waals surface area contributed by atoms with E-state index in [1.165, 1.54) is 0 Å². The molecule has 2 rings (SSSR count). The van der Waals surface area contributed by atoms with E-state index in [1.54, 1.807) is 24.3 Å². The van der Waals surface area contributed by atoms with Gasteiger partial charge in [0, 0.05) is 11.3 Å². The number of azide groups is 1. The summed E-state index contributed by atoms with van der Waals surface area (Å²) >= 11 is 0. The van der Waals surface area contributed by atoms with Gasteiger partial charge in [-0.3, -0.25) is 0 Å². The maximum absolute atomic E-state index is 11.9. The van der Waals surface area contributed by atoms with Crippen LogP contribution in [-0.4, -0.2) is 29.3 Å². The summed E-state index contributed by atoms with van der Waals surface area (Å²) in [7, 11) is 0. The number of aliphatic hydroxyl groups is 1. The highest BCUT2D eigenvalue weighted by Gasteiger charge is 2.32. The Bertz CT molecular complexity index is 485. The number of carbonyl (C=O) groups is 1. The molecule has 0 saturated heterocycles. The highest BCUT2D eigenvalue weighted by Crippen LogP contribution is 2.25. The van der Waals surface area contributed by atoms with Crippen LogP contribution in [0.3, 0.4) is 0 Å². The predicted octanol–water partition coefficient (Wildman–Crippen LogP) is 2.44. The summed E-state index contributed by atoms with van der Waals surface area (Å²) in [5.41, 5.74) is 8.96. The van der Waals surface area contributed by atoms with Crippen molar-refractivity contribution in [1.82, 2.24) is 0 Å². The summed E-state index contributed by atoms with van der Waals surface area (Å²) in [5, 5.41) is 13.3. The lowest BCUT2D eigenvalue weighted by Crippen LogP contribution is -2.38. The first kappa shape index (κ1) is 13.4. The van der Waals surface area contributed by atoms with E-state index >= 15 is 0 Å². The Hall–Kier alpha value is -2.04. The van der Waals surface area contributed by atoms with Gasteiger partial charge in [-0.1, -0.05) is 23.3 Å². The number of benzene rings is 1. The summed E-state index contributed by atoms with van der Waals surface area (Å²) in [6.07, 6.45) is 0.314. The number of carbonyl (C=O) groups excluding carboxylic acids is 1. The number of nitrogens with zero attached hydrogens (tertiary/aromatic N) is 3. The molecule has 6 nitrogen and oxygen atoms in total. The molecular formula is C13H15N3O3. The predicted molar refractivity (Wildman–Crippen MR) is 68.4 cm³/mol. The standard InChI is InChI=1S/C13H15N3O3/c14-16-15-11-7-6-10(17)8-12(11)19-13(18)9-4-2-1-3-5-9/h1-5,10-12,17H,6-8H2/t10-,11-,12-/m1/s1. The Morgan fingerprint density at radius 2 is 2.11 bits per heavy atom. The molecule has 0 radical (unpaired) electrons. The maximum atomic E-state index is 11.9. The topological polar surface area (TPSA) is 95.3 Å². The van der Waals surface area contributed by atoms with Crippen LogP contribution in [0.25, 0.3) is 10.4 Å². The molecule has 1 aromatic rings. The summed E-state index contributed by atoms with van der Waals surface area (Å²) in [4.78, 5) is 14.7. The summed E-state index contributed by atoms with van der Waals surface area (Å²) in [6, 6.07) is 8.22. The van der Waals surface area contributed by atoms with E-state index in [9.17, 15) is 9.90 Å². The monoisotopic (exact) mass is 261 g/mol. The second-order valence-corrected chi connectivity index (χ2v) is 4.55. The fourth-order valence-corrected chi connectivity index (χ4v) is 2.20. The number of hydrogen-bond donors (Lipinski definition) is 1. The van der Waals surface area contributed by atoms with Crippen LogP contribution >= 0.6 is 0 Å². The molecule has 6 heteroatoms. The summed E-state index contributed by atoms with van der Waals surface area (Å²) in [6.45, 7) is 0. The van der Waals surface area contributed by atoms with Gasteiger partial charge in [-0.2, -0.15) is 0 Å². The van der Waals surface area contributed by atoms with Gasteiger partial charge in [-0.15, -0.1) is 0 Å². The lowest BCUT2D eigenvalue weighted by molar-refractivity contribution is -0.0103. The van der Waals surface area contributed by atoms with Crippen molar-refractivity contribution in [3.8, 4) is 0 Å². The van der Waals surface area contributed by atoms with E-state index in [-0.39, 0.29) is 0 Å². The fraction of sp³-hybridized carbons (Fsp3) is 0.462. The molecule has 1 aliphatic rings. The molecule has 1 N–H and O–H groups in total. The highest BCUT2D eigenvalue weighted by atomic mass is 16.5. The fourth-order valence-electron chi connectivity index (χ4n) is 2.20. The van der Waals surface area contributed by atoms with Gasteiger partial charge in [0.1, 0.15) is 6.10 Å². The average Bonchev–Trinajstić information content (AvgIpc) is 2.43. The number of esters is 1. The highest BCUT2D eigenvalue weighted by molar-refractivity contribution is 5.89. The Kier molecular flexibility index (Phi) is 4.39. The summed E-state index contributed by atoms with van der Waals surface area (Å²) in [5.74, 6) is -0.460. The minimum Gasteiger partial charge on any atom is -0.458 e. The molecule has 0 aliphatic heterocycles. The Labute approximate surface area is 110 Å². The number of rotatable bonds is 3. The molecule has 1 aromatic carbocycles. The van der Waals surface area contributed by atoms with Crippen molar-refractivity contribution in [1.29, 1.82) is 0 Å². The van der Waals surface area contributed by atoms with Crippen LogP contribution in [0.2, 0.25) is 0 Å². The zero-order valence-corrected chi connectivity index (χ0v) is 10.3. The van der Waals surface area contributed by atoms with Gasteiger partial charge >= 0.3 is 5.97 Å². The van der Waals surface area contributed by atoms with Crippen LogP contribution in [0.5, 0.6) is 0 Å². The van der Waals surface area contributed by atoms with Crippen molar-refractivity contribution >= 4 is 5.97 Å². The third kappa shape index (κ3) is 3.47. The minimum atomic E-state index is -0.563. The van der Waals surface area contributed by atoms with Gasteiger partial charge in [0.05, 0.1) is 17.7 Å². The normalized spacial score (nSPS) is 26.3. The first-order valence-electron chi connectivity index (χ1n) is 6.19. The molecule has 1 fully saturated rings. The van der Waals surface area contributed by atoms with Gasteiger partial charge in [-0.25, -0.2) is 4.79 Å². The number of ether oxygens (including phenoxy) is 1. The largest absolute Gasteiger partial charge is 0.458 e. The molecule has 0 bridgehead atoms. The van der Waals surface area contributed by atoms with Gasteiger partial charge in [0.25, 0.3) is 0 Å². The molecule has 3 atom stereocenters. The van der Waals surface area contributed by atoms with E-state index in [0.29, 0.717) is 24.8 Å². The van der Waals surface area contributed by atoms with Crippen LogP contribution in [0.4, 0.5) is 0 Å². The van der Waals surface area contributed by atoms with E-state index in [4.69, 9.17) is 10.3 Å². The lowest BCUT2D eigenvalue weighted by atomic mass is 9.91. The van der Waals surface area contributed by atoms with Gasteiger partial charge < -0.3 is 9.84 Å². The smallest absolute Gasteiger partial charge is 0.338 e. The van der Waals surface area contributed by atoms with Crippen molar-refractivity contribution in [3.63, 3.8) is 0 Å². The zero-order valence-electron chi connectivity index (χ0n) is 10.3. The van der Waals surface area contributed by atoms with Gasteiger partial charge in [0.15, 0.2) is 0 Å². The van der Waals surface area contributed by atoms with Gasteiger partial charge in [-0.05, 0) is 30.5 Å². The first-order valence-corrected chi connectivity index (χ1v) is 6.19. The van der Waals surface area contributed by atoms with E-state index in [0.717, 1.165) is 0 Å². The maximum Gasteiger partial charge on any atom is 0.338 e. The minimum absolute atomic E-state index is 0.308. The van der Waals surface area contributed by atoms with Crippen molar-refractivity contribution in [2.75, 3.05) is 0 Å². The Balaban J connectivity index is 2.06. The van der Waals surface area contributed by atoms with E-state index < -0.39 is 24.2 Å². The zero-order chi connectivity index (χ0) is 13.7. The molecule has 100 valence electrons. The van der Waals surface area contributed by atoms with E-state index in [2.05, 4.69) is 10.0 Å². The van der Waals surface area contributed by atoms with Crippen LogP contribution in [0.15, 0.2) is 35.4 Å². The first-order chi connectivity index (χ1) is 9.20. The van der Waals surface area contributed by atoms with Crippen LogP contribution in [0, 0.1) is 0 Å². The van der Waals surface area contributed by atoms with Crippen molar-refractivity contribution < 1.29 is 14.6 Å². The van der Waals surface area contributed by atoms with Crippen molar-refractivity contribution in [3.05, 3.63) is 46.3 Å². The Morgan fingerprint density at radius 1 is 1.37 bits per heavy atom. The molecule has 1 aliphatic carbocycles. The summed E-state index contributed by atoms with van der Waals surface area (Å²) < 4.78 is 5.35. The second-order valence-electron chi connectivity index (χ2n) is 4.55. The molecule has 1 saturated carbocycles. The third-order valence-electron chi connectivity index (χ3n) is 3.20. The number of aliphatic hydroxyl groups excluding tert-OH is 1. The molecule has 0 heterocycles. The SMILES string of the molecule is [N-]=[N+]=N[C@@H]1CC[C@@H](O)C[C@H]1OC(=O)c1ccccc1. The average molecular weight is 261 g/mol. The molecule has 0 aromatic heterocycles. The molecule has 0 spiro atoms. The van der Waals surface area contributed by atoms with Gasteiger partial charge in [0.2, 0.25) is 0 Å². The second kappa shape index (κ2) is 6.22. The number of hydrogen-bond acceptors (Lipinski definition) is 4. The molecule has 0 amide bonds. The van der Waals surface area contributed by atoms with Crippen molar-refractivity contribution in [2.24, 2.45) is 5.11 Å². The van der Waals surface area contributed by atoms with Crippen LogP contribution < -0.4 is 0 Å². The molecule has 19 heavy (non-hydrogen) atoms. The quantitative estimate of drug-likeness (QED) is 0.391. The van der Waals surface area contributed by atoms with Crippen molar-refractivity contribution in [2.45, 2.75) is 37.5 Å². The third-order valence-corrected chi connectivity index (χ3v) is 3.20. The molecule has 0 unspecified atom stereocenters. The van der Waals surface area contributed by atoms with E-state index in [1.807, 2.05) is 6.07 Å². The van der Waals surface area contributed by atoms with Crippen LogP contribution in [-0.2, 0) is 4.74 Å². The Morgan fingerprint density at radius 3 is 2.79 bits per heavy atom. The van der Waals surface area contributed by atoms with Crippen LogP contribution in [0.1, 0.15) is 29.6 Å².